The summed E-state index contributed by atoms with van der Waals surface area (Å²) in [4.78, 5) is 14.0. The van der Waals surface area contributed by atoms with Crippen molar-refractivity contribution in [3.63, 3.8) is 0 Å². The number of aryl methyl sites for hydroxylation is 1. The zero-order valence-corrected chi connectivity index (χ0v) is 12.1. The van der Waals surface area contributed by atoms with E-state index in [9.17, 15) is 4.79 Å². The molecule has 1 aliphatic rings. The average molecular weight is 282 g/mol. The van der Waals surface area contributed by atoms with E-state index in [2.05, 4.69) is 0 Å². The summed E-state index contributed by atoms with van der Waals surface area (Å²) in [7, 11) is 0. The van der Waals surface area contributed by atoms with Crippen LogP contribution in [-0.4, -0.2) is 30.5 Å². The van der Waals surface area contributed by atoms with Gasteiger partial charge in [-0.25, -0.2) is 0 Å². The van der Waals surface area contributed by atoms with E-state index in [-0.39, 0.29) is 12.5 Å². The third-order valence-corrected chi connectivity index (χ3v) is 3.70. The Morgan fingerprint density at radius 1 is 1.26 bits per heavy atom. The fourth-order valence-electron chi connectivity index (χ4n) is 2.28. The third kappa shape index (κ3) is 4.13. The lowest BCUT2D eigenvalue weighted by molar-refractivity contribution is -0.133. The first-order valence-electron chi connectivity index (χ1n) is 6.83. The number of carbonyl (C=O) groups excluding carboxylic acids is 1. The van der Waals surface area contributed by atoms with Crippen molar-refractivity contribution in [2.45, 2.75) is 32.6 Å². The highest BCUT2D eigenvalue weighted by molar-refractivity contribution is 6.30. The summed E-state index contributed by atoms with van der Waals surface area (Å²) in [5.41, 5.74) is 0.994. The summed E-state index contributed by atoms with van der Waals surface area (Å²) in [6.45, 7) is 3.76. The Kier molecular flexibility index (Phi) is 5.08. The molecule has 0 unspecified atom stereocenters. The van der Waals surface area contributed by atoms with Crippen LogP contribution in [0.1, 0.15) is 31.2 Å². The molecular weight excluding hydrogens is 262 g/mol. The minimum atomic E-state index is 0.0706. The summed E-state index contributed by atoms with van der Waals surface area (Å²) >= 11 is 5.93. The molecule has 1 aliphatic heterocycles. The van der Waals surface area contributed by atoms with E-state index in [1.807, 2.05) is 24.0 Å². The van der Waals surface area contributed by atoms with Gasteiger partial charge in [-0.05, 0) is 37.5 Å². The molecule has 0 aliphatic carbocycles. The van der Waals surface area contributed by atoms with Crippen LogP contribution in [0.5, 0.6) is 5.75 Å². The van der Waals surface area contributed by atoms with Gasteiger partial charge in [0.05, 0.1) is 0 Å². The first-order valence-corrected chi connectivity index (χ1v) is 7.21. The van der Waals surface area contributed by atoms with E-state index in [1.165, 1.54) is 12.8 Å². The molecule has 0 aromatic heterocycles. The molecule has 1 amide bonds. The number of rotatable bonds is 3. The van der Waals surface area contributed by atoms with Crippen molar-refractivity contribution >= 4 is 17.5 Å². The van der Waals surface area contributed by atoms with Crippen LogP contribution in [-0.2, 0) is 4.79 Å². The Bertz CT molecular complexity index is 440. The van der Waals surface area contributed by atoms with Gasteiger partial charge in [0.25, 0.3) is 5.91 Å². The summed E-state index contributed by atoms with van der Waals surface area (Å²) < 4.78 is 5.60. The second-order valence-corrected chi connectivity index (χ2v) is 5.43. The molecule has 1 aromatic rings. The van der Waals surface area contributed by atoms with Crippen molar-refractivity contribution in [1.82, 2.24) is 4.90 Å². The molecule has 3 nitrogen and oxygen atoms in total. The Labute approximate surface area is 119 Å². The summed E-state index contributed by atoms with van der Waals surface area (Å²) in [6.07, 6.45) is 4.64. The lowest BCUT2D eigenvalue weighted by Gasteiger charge is -2.20. The van der Waals surface area contributed by atoms with Crippen LogP contribution in [0.25, 0.3) is 0 Å². The molecular formula is C15H20ClNO2. The van der Waals surface area contributed by atoms with Crippen LogP contribution in [0.15, 0.2) is 18.2 Å². The molecule has 0 atom stereocenters. The van der Waals surface area contributed by atoms with Gasteiger partial charge >= 0.3 is 0 Å². The lowest BCUT2D eigenvalue weighted by atomic mass is 10.2. The van der Waals surface area contributed by atoms with Gasteiger partial charge in [0, 0.05) is 18.1 Å². The Hall–Kier alpha value is -1.22. The minimum Gasteiger partial charge on any atom is -0.483 e. The Balaban J connectivity index is 1.90. The van der Waals surface area contributed by atoms with E-state index >= 15 is 0 Å². The van der Waals surface area contributed by atoms with Crippen LogP contribution < -0.4 is 4.74 Å². The smallest absolute Gasteiger partial charge is 0.260 e. The summed E-state index contributed by atoms with van der Waals surface area (Å²) in [5, 5.41) is 0.628. The van der Waals surface area contributed by atoms with Crippen LogP contribution in [0.3, 0.4) is 0 Å². The first kappa shape index (κ1) is 14.2. The van der Waals surface area contributed by atoms with Crippen LogP contribution in [0.4, 0.5) is 0 Å². The molecule has 0 saturated carbocycles. The van der Waals surface area contributed by atoms with Gasteiger partial charge in [0.15, 0.2) is 6.61 Å². The molecule has 1 aromatic carbocycles. The van der Waals surface area contributed by atoms with Crippen LogP contribution in [0, 0.1) is 6.92 Å². The molecule has 0 radical (unpaired) electrons. The van der Waals surface area contributed by atoms with Gasteiger partial charge in [0.2, 0.25) is 0 Å². The maximum Gasteiger partial charge on any atom is 0.260 e. The highest BCUT2D eigenvalue weighted by Crippen LogP contribution is 2.22. The molecule has 0 spiro atoms. The highest BCUT2D eigenvalue weighted by Gasteiger charge is 2.16. The summed E-state index contributed by atoms with van der Waals surface area (Å²) in [5.74, 6) is 0.761. The topological polar surface area (TPSA) is 29.5 Å². The summed E-state index contributed by atoms with van der Waals surface area (Å²) in [6, 6.07) is 5.47. The predicted molar refractivity (Wildman–Crippen MR) is 76.7 cm³/mol. The highest BCUT2D eigenvalue weighted by atomic mass is 35.5. The molecule has 2 rings (SSSR count). The maximum atomic E-state index is 12.1. The number of hydrogen-bond donors (Lipinski definition) is 0. The van der Waals surface area contributed by atoms with Crippen molar-refractivity contribution < 1.29 is 9.53 Å². The van der Waals surface area contributed by atoms with E-state index in [0.717, 1.165) is 31.5 Å². The van der Waals surface area contributed by atoms with Crippen LogP contribution >= 0.6 is 11.6 Å². The third-order valence-electron chi connectivity index (χ3n) is 3.46. The van der Waals surface area contributed by atoms with E-state index in [1.54, 1.807) is 6.07 Å². The number of benzene rings is 1. The van der Waals surface area contributed by atoms with Crippen molar-refractivity contribution in [3.05, 3.63) is 28.8 Å². The zero-order chi connectivity index (χ0) is 13.7. The van der Waals surface area contributed by atoms with E-state index in [0.29, 0.717) is 10.8 Å². The second-order valence-electron chi connectivity index (χ2n) is 4.99. The van der Waals surface area contributed by atoms with Gasteiger partial charge in [0.1, 0.15) is 5.75 Å². The van der Waals surface area contributed by atoms with Gasteiger partial charge < -0.3 is 9.64 Å². The van der Waals surface area contributed by atoms with Crippen molar-refractivity contribution in [1.29, 1.82) is 0 Å². The minimum absolute atomic E-state index is 0.0706. The molecule has 1 heterocycles. The van der Waals surface area contributed by atoms with Gasteiger partial charge in [-0.1, -0.05) is 30.5 Å². The fourth-order valence-corrected chi connectivity index (χ4v) is 2.44. The maximum absolute atomic E-state index is 12.1. The number of hydrogen-bond acceptors (Lipinski definition) is 2. The predicted octanol–water partition coefficient (Wildman–Crippen LogP) is 3.43. The quantitative estimate of drug-likeness (QED) is 0.849. The number of likely N-dealkylation sites (tertiary alicyclic amines) is 1. The number of amides is 1. The van der Waals surface area contributed by atoms with E-state index < -0.39 is 0 Å². The fraction of sp³-hybridized carbons (Fsp3) is 0.533. The van der Waals surface area contributed by atoms with E-state index in [4.69, 9.17) is 16.3 Å². The normalized spacial score (nSPS) is 16.0. The standard InChI is InChI=1S/C15H20ClNO2/c1-12-6-7-13(16)10-14(12)19-11-15(18)17-8-4-2-3-5-9-17/h6-7,10H,2-5,8-9,11H2,1H3. The lowest BCUT2D eigenvalue weighted by Crippen LogP contribution is -2.35. The molecule has 1 saturated heterocycles. The average Bonchev–Trinajstić information content (AvgIpc) is 2.68. The van der Waals surface area contributed by atoms with Gasteiger partial charge in [-0.3, -0.25) is 4.79 Å². The number of carbonyl (C=O) groups is 1. The van der Waals surface area contributed by atoms with Crippen molar-refractivity contribution in [2.24, 2.45) is 0 Å². The first-order chi connectivity index (χ1) is 9.16. The van der Waals surface area contributed by atoms with Crippen LogP contribution in [0.2, 0.25) is 5.02 Å². The monoisotopic (exact) mass is 281 g/mol. The molecule has 0 N–H and O–H groups in total. The molecule has 104 valence electrons. The number of nitrogens with zero attached hydrogens (tertiary/aromatic N) is 1. The van der Waals surface area contributed by atoms with Gasteiger partial charge in [-0.2, -0.15) is 0 Å². The molecule has 1 fully saturated rings. The molecule has 19 heavy (non-hydrogen) atoms. The zero-order valence-electron chi connectivity index (χ0n) is 11.3. The molecule has 0 bridgehead atoms. The SMILES string of the molecule is Cc1ccc(Cl)cc1OCC(=O)N1CCCCCC1. The number of halogens is 1. The Morgan fingerprint density at radius 2 is 1.95 bits per heavy atom. The number of ether oxygens (including phenoxy) is 1. The second kappa shape index (κ2) is 6.80. The van der Waals surface area contributed by atoms with Crippen molar-refractivity contribution in [3.8, 4) is 5.75 Å². The van der Waals surface area contributed by atoms with Gasteiger partial charge in [-0.15, -0.1) is 0 Å². The van der Waals surface area contributed by atoms with Crippen molar-refractivity contribution in [2.75, 3.05) is 19.7 Å². The molecule has 4 heteroatoms. The largest absolute Gasteiger partial charge is 0.483 e. The Morgan fingerprint density at radius 3 is 2.63 bits per heavy atom.